The molecule has 2 heterocycles. The molecule has 1 saturated heterocycles. The molecule has 0 bridgehead atoms. The summed E-state index contributed by atoms with van der Waals surface area (Å²) in [5, 5.41) is 7.21. The minimum Gasteiger partial charge on any atom is -0.379 e. The van der Waals surface area contributed by atoms with Crippen molar-refractivity contribution in [2.45, 2.75) is 58.4 Å². The van der Waals surface area contributed by atoms with Gasteiger partial charge in [-0.25, -0.2) is 0 Å². The average Bonchev–Trinajstić information content (AvgIpc) is 2.92. The summed E-state index contributed by atoms with van der Waals surface area (Å²) in [4.78, 5) is 14.8. The monoisotopic (exact) mass is 349 g/mol. The Kier molecular flexibility index (Phi) is 6.48. The third kappa shape index (κ3) is 5.28. The number of aryl methyl sites for hydroxylation is 2. The van der Waals surface area contributed by atoms with E-state index in [2.05, 4.69) is 15.4 Å². The van der Waals surface area contributed by atoms with Crippen molar-refractivity contribution < 1.29 is 14.1 Å². The topological polar surface area (TPSA) is 67.6 Å². The van der Waals surface area contributed by atoms with Gasteiger partial charge in [-0.2, -0.15) is 0 Å². The Morgan fingerprint density at radius 2 is 2.08 bits per heavy atom. The van der Waals surface area contributed by atoms with Crippen LogP contribution in [0.5, 0.6) is 0 Å². The van der Waals surface area contributed by atoms with Gasteiger partial charge in [0.1, 0.15) is 5.76 Å². The molecule has 0 aromatic carbocycles. The van der Waals surface area contributed by atoms with Crippen LogP contribution in [-0.4, -0.2) is 54.9 Å². The van der Waals surface area contributed by atoms with Crippen molar-refractivity contribution >= 4 is 5.91 Å². The van der Waals surface area contributed by atoms with Crippen molar-refractivity contribution in [2.24, 2.45) is 5.92 Å². The van der Waals surface area contributed by atoms with E-state index in [1.807, 2.05) is 13.8 Å². The van der Waals surface area contributed by atoms with Gasteiger partial charge in [0.05, 0.1) is 18.9 Å². The summed E-state index contributed by atoms with van der Waals surface area (Å²) in [5.41, 5.74) is 1.97. The summed E-state index contributed by atoms with van der Waals surface area (Å²) in [6.07, 6.45) is 5.92. The fourth-order valence-corrected chi connectivity index (χ4v) is 4.13. The quantitative estimate of drug-likeness (QED) is 0.853. The number of ether oxygens (including phenoxy) is 1. The molecule has 25 heavy (non-hydrogen) atoms. The Morgan fingerprint density at radius 1 is 1.28 bits per heavy atom. The number of aromatic nitrogens is 1. The predicted octanol–water partition coefficient (Wildman–Crippen LogP) is 2.23. The van der Waals surface area contributed by atoms with Gasteiger partial charge in [0.15, 0.2) is 0 Å². The Morgan fingerprint density at radius 3 is 2.80 bits per heavy atom. The Labute approximate surface area is 150 Å². The summed E-state index contributed by atoms with van der Waals surface area (Å²) in [5.74, 6) is 1.67. The Bertz CT molecular complexity index is 547. The molecule has 6 nitrogen and oxygen atoms in total. The molecule has 1 amide bonds. The van der Waals surface area contributed by atoms with Crippen molar-refractivity contribution in [3.05, 3.63) is 17.0 Å². The van der Waals surface area contributed by atoms with E-state index in [1.165, 1.54) is 12.8 Å². The van der Waals surface area contributed by atoms with Crippen LogP contribution < -0.4 is 5.32 Å². The van der Waals surface area contributed by atoms with Gasteiger partial charge >= 0.3 is 0 Å². The molecule has 1 N–H and O–H groups in total. The van der Waals surface area contributed by atoms with Crippen LogP contribution in [0.4, 0.5) is 0 Å². The maximum atomic E-state index is 12.3. The van der Waals surface area contributed by atoms with Crippen molar-refractivity contribution in [2.75, 3.05) is 32.8 Å². The van der Waals surface area contributed by atoms with E-state index in [-0.39, 0.29) is 5.91 Å². The van der Waals surface area contributed by atoms with Crippen molar-refractivity contribution in [3.8, 4) is 0 Å². The van der Waals surface area contributed by atoms with Crippen LogP contribution in [0.15, 0.2) is 4.52 Å². The van der Waals surface area contributed by atoms with Gasteiger partial charge in [-0.15, -0.1) is 0 Å². The van der Waals surface area contributed by atoms with Crippen molar-refractivity contribution in [1.82, 2.24) is 15.4 Å². The van der Waals surface area contributed by atoms with Gasteiger partial charge < -0.3 is 14.6 Å². The second kappa shape index (κ2) is 8.81. The average molecular weight is 349 g/mol. The van der Waals surface area contributed by atoms with Crippen molar-refractivity contribution in [1.29, 1.82) is 0 Å². The van der Waals surface area contributed by atoms with Crippen LogP contribution >= 0.6 is 0 Å². The van der Waals surface area contributed by atoms with Gasteiger partial charge in [-0.05, 0) is 45.4 Å². The lowest BCUT2D eigenvalue weighted by molar-refractivity contribution is -0.122. The minimum absolute atomic E-state index is 0.150. The highest BCUT2D eigenvalue weighted by Crippen LogP contribution is 2.25. The second-order valence-corrected chi connectivity index (χ2v) is 7.51. The SMILES string of the molecule is Cc1noc(C)c1CCC(=O)N[C@@H]1CCC[C@@H](CN2CCOCC2)C1. The van der Waals surface area contributed by atoms with E-state index in [9.17, 15) is 4.79 Å². The lowest BCUT2D eigenvalue weighted by Gasteiger charge is -2.35. The lowest BCUT2D eigenvalue weighted by atomic mass is 9.85. The Balaban J connectivity index is 1.41. The zero-order valence-electron chi connectivity index (χ0n) is 15.6. The molecule has 2 aliphatic rings. The molecule has 2 atom stereocenters. The largest absolute Gasteiger partial charge is 0.379 e. The number of hydrogen-bond acceptors (Lipinski definition) is 5. The van der Waals surface area contributed by atoms with Gasteiger partial charge in [0, 0.05) is 37.7 Å². The summed E-state index contributed by atoms with van der Waals surface area (Å²) < 4.78 is 10.6. The van der Waals surface area contributed by atoms with Crippen molar-refractivity contribution in [3.63, 3.8) is 0 Å². The number of carbonyl (C=O) groups excluding carboxylic acids is 1. The molecule has 1 aromatic heterocycles. The smallest absolute Gasteiger partial charge is 0.220 e. The van der Waals surface area contributed by atoms with E-state index >= 15 is 0 Å². The predicted molar refractivity (Wildman–Crippen MR) is 95.4 cm³/mol. The van der Waals surface area contributed by atoms with Gasteiger partial charge in [-0.3, -0.25) is 9.69 Å². The van der Waals surface area contributed by atoms with Crippen LogP contribution in [0, 0.1) is 19.8 Å². The summed E-state index contributed by atoms with van der Waals surface area (Å²) in [7, 11) is 0. The molecule has 1 aliphatic heterocycles. The van der Waals surface area contributed by atoms with E-state index in [1.54, 1.807) is 0 Å². The number of nitrogens with zero attached hydrogens (tertiary/aromatic N) is 2. The normalized spacial score (nSPS) is 25.0. The first kappa shape index (κ1) is 18.4. The first-order chi connectivity index (χ1) is 12.1. The van der Waals surface area contributed by atoms with Crippen LogP contribution in [-0.2, 0) is 16.0 Å². The maximum Gasteiger partial charge on any atom is 0.220 e. The second-order valence-electron chi connectivity index (χ2n) is 7.51. The molecular weight excluding hydrogens is 318 g/mol. The first-order valence-electron chi connectivity index (χ1n) is 9.63. The van der Waals surface area contributed by atoms with E-state index < -0.39 is 0 Å². The fraction of sp³-hybridized carbons (Fsp3) is 0.789. The number of morpholine rings is 1. The van der Waals surface area contributed by atoms with Crippen LogP contribution in [0.2, 0.25) is 0 Å². The third-order valence-corrected chi connectivity index (χ3v) is 5.55. The molecule has 0 radical (unpaired) electrons. The zero-order valence-corrected chi connectivity index (χ0v) is 15.6. The molecule has 2 fully saturated rings. The highest BCUT2D eigenvalue weighted by Gasteiger charge is 2.25. The zero-order chi connectivity index (χ0) is 17.6. The summed E-state index contributed by atoms with van der Waals surface area (Å²) in [6.45, 7) is 8.79. The van der Waals surface area contributed by atoms with Crippen LogP contribution in [0.25, 0.3) is 0 Å². The molecule has 1 aliphatic carbocycles. The highest BCUT2D eigenvalue weighted by molar-refractivity contribution is 5.76. The minimum atomic E-state index is 0.150. The molecule has 140 valence electrons. The maximum absolute atomic E-state index is 12.3. The summed E-state index contributed by atoms with van der Waals surface area (Å²) >= 11 is 0. The van der Waals surface area contributed by atoms with Crippen LogP contribution in [0.1, 0.15) is 49.1 Å². The fourth-order valence-electron chi connectivity index (χ4n) is 4.13. The van der Waals surface area contributed by atoms with Gasteiger partial charge in [0.2, 0.25) is 5.91 Å². The van der Waals surface area contributed by atoms with E-state index in [0.29, 0.717) is 24.8 Å². The van der Waals surface area contributed by atoms with Gasteiger partial charge in [0.25, 0.3) is 0 Å². The number of nitrogens with one attached hydrogen (secondary N) is 1. The van der Waals surface area contributed by atoms with E-state index in [4.69, 9.17) is 9.26 Å². The highest BCUT2D eigenvalue weighted by atomic mass is 16.5. The number of hydrogen-bond donors (Lipinski definition) is 1. The van der Waals surface area contributed by atoms with Crippen LogP contribution in [0.3, 0.4) is 0 Å². The molecule has 6 heteroatoms. The number of rotatable bonds is 6. The Hall–Kier alpha value is -1.40. The standard InChI is InChI=1S/C19H31N3O3/c1-14-18(15(2)25-21-14)6-7-19(23)20-17-5-3-4-16(12-17)13-22-8-10-24-11-9-22/h16-17H,3-13H2,1-2H3,(H,20,23)/t16-,17-/m1/s1. The van der Waals surface area contributed by atoms with Gasteiger partial charge in [-0.1, -0.05) is 11.6 Å². The molecular formula is C19H31N3O3. The molecule has 1 saturated carbocycles. The number of carbonyl (C=O) groups is 1. The molecule has 3 rings (SSSR count). The molecule has 0 unspecified atom stereocenters. The molecule has 1 aromatic rings. The van der Waals surface area contributed by atoms with E-state index in [0.717, 1.165) is 62.7 Å². The number of amides is 1. The molecule has 0 spiro atoms. The first-order valence-corrected chi connectivity index (χ1v) is 9.63. The third-order valence-electron chi connectivity index (χ3n) is 5.55. The lowest BCUT2D eigenvalue weighted by Crippen LogP contribution is -2.43. The summed E-state index contributed by atoms with van der Waals surface area (Å²) in [6, 6.07) is 0.331.